The van der Waals surface area contributed by atoms with Gasteiger partial charge in [0.1, 0.15) is 0 Å². The van der Waals surface area contributed by atoms with E-state index in [0.717, 1.165) is 5.56 Å². The Bertz CT molecular complexity index is 462. The molecule has 0 radical (unpaired) electrons. The van der Waals surface area contributed by atoms with Gasteiger partial charge in [0.05, 0.1) is 0 Å². The Kier molecular flexibility index (Phi) is 6.44. The molecule has 0 aliphatic heterocycles. The normalized spacial score (nSPS) is 12.3. The molecular weight excluding hydrogens is 262 g/mol. The molecule has 108 valence electrons. The molecule has 0 unspecified atom stereocenters. The molecule has 0 aliphatic carbocycles. The summed E-state index contributed by atoms with van der Waals surface area (Å²) in [5.41, 5.74) is 6.47. The van der Waals surface area contributed by atoms with Crippen LogP contribution in [0.1, 0.15) is 18.9 Å². The maximum Gasteiger partial charge on any atom is 0.282 e. The van der Waals surface area contributed by atoms with Crippen LogP contribution in [0, 0.1) is 0 Å². The van der Waals surface area contributed by atoms with Crippen LogP contribution in [0.25, 0.3) is 0 Å². The highest BCUT2D eigenvalue weighted by molar-refractivity contribution is 7.86. The van der Waals surface area contributed by atoms with Gasteiger partial charge in [0.15, 0.2) is 0 Å². The summed E-state index contributed by atoms with van der Waals surface area (Å²) in [6.07, 6.45) is 0.656. The second kappa shape index (κ2) is 7.59. The van der Waals surface area contributed by atoms with Gasteiger partial charge in [-0.05, 0) is 18.5 Å². The number of hydrogen-bond donors (Lipinski definition) is 1. The van der Waals surface area contributed by atoms with Gasteiger partial charge < -0.3 is 5.73 Å². The number of nitrogens with zero attached hydrogens (tertiary/aromatic N) is 2. The largest absolute Gasteiger partial charge is 0.330 e. The van der Waals surface area contributed by atoms with Crippen LogP contribution in [0.5, 0.6) is 0 Å². The summed E-state index contributed by atoms with van der Waals surface area (Å²) >= 11 is 0. The van der Waals surface area contributed by atoms with Crippen molar-refractivity contribution in [1.82, 2.24) is 8.61 Å². The van der Waals surface area contributed by atoms with Gasteiger partial charge in [0.2, 0.25) is 0 Å². The van der Waals surface area contributed by atoms with Crippen LogP contribution in [-0.2, 0) is 16.8 Å². The Balaban J connectivity index is 2.89. The molecule has 0 aromatic heterocycles. The van der Waals surface area contributed by atoms with Gasteiger partial charge in [-0.2, -0.15) is 17.0 Å². The highest BCUT2D eigenvalue weighted by Gasteiger charge is 2.25. The number of rotatable bonds is 8. The second-order valence-electron chi connectivity index (χ2n) is 4.38. The van der Waals surface area contributed by atoms with Crippen molar-refractivity contribution in [1.29, 1.82) is 0 Å². The molecule has 0 fully saturated rings. The maximum atomic E-state index is 12.4. The maximum absolute atomic E-state index is 12.4. The quantitative estimate of drug-likeness (QED) is 0.776. The van der Waals surface area contributed by atoms with Crippen LogP contribution in [0.2, 0.25) is 0 Å². The summed E-state index contributed by atoms with van der Waals surface area (Å²) in [5.74, 6) is 0. The average molecular weight is 285 g/mol. The van der Waals surface area contributed by atoms with Gasteiger partial charge in [0.25, 0.3) is 10.2 Å². The van der Waals surface area contributed by atoms with Crippen LogP contribution in [-0.4, -0.2) is 43.7 Å². The van der Waals surface area contributed by atoms with E-state index in [1.54, 1.807) is 7.05 Å². The fourth-order valence-electron chi connectivity index (χ4n) is 1.69. The molecule has 2 N–H and O–H groups in total. The third kappa shape index (κ3) is 4.58. The number of benzene rings is 1. The molecule has 0 atom stereocenters. The molecule has 0 saturated carbocycles. The highest BCUT2D eigenvalue weighted by Crippen LogP contribution is 2.12. The SMILES string of the molecule is CCN(C)S(=O)(=O)N(CCCN)Cc1ccccc1. The Morgan fingerprint density at radius 1 is 1.21 bits per heavy atom. The minimum atomic E-state index is -3.41. The number of hydrogen-bond acceptors (Lipinski definition) is 3. The van der Waals surface area contributed by atoms with Crippen LogP contribution in [0.3, 0.4) is 0 Å². The molecule has 19 heavy (non-hydrogen) atoms. The first kappa shape index (κ1) is 16.1. The third-order valence-corrected chi connectivity index (χ3v) is 4.99. The van der Waals surface area contributed by atoms with Gasteiger partial charge in [-0.15, -0.1) is 0 Å². The van der Waals surface area contributed by atoms with E-state index in [2.05, 4.69) is 0 Å². The molecular formula is C13H23N3O2S. The minimum absolute atomic E-state index is 0.382. The zero-order valence-electron chi connectivity index (χ0n) is 11.6. The molecule has 0 amide bonds. The van der Waals surface area contributed by atoms with Crippen molar-refractivity contribution in [2.75, 3.05) is 26.7 Å². The molecule has 0 aliphatic rings. The zero-order valence-corrected chi connectivity index (χ0v) is 12.4. The molecule has 1 aromatic carbocycles. The van der Waals surface area contributed by atoms with Gasteiger partial charge in [-0.1, -0.05) is 37.3 Å². The minimum Gasteiger partial charge on any atom is -0.330 e. The number of nitrogens with two attached hydrogens (primary N) is 1. The summed E-state index contributed by atoms with van der Waals surface area (Å²) in [5, 5.41) is 0. The van der Waals surface area contributed by atoms with E-state index in [1.807, 2.05) is 37.3 Å². The van der Waals surface area contributed by atoms with Gasteiger partial charge in [0, 0.05) is 26.7 Å². The monoisotopic (exact) mass is 285 g/mol. The lowest BCUT2D eigenvalue weighted by Crippen LogP contribution is -2.42. The first-order chi connectivity index (χ1) is 9.02. The molecule has 1 rings (SSSR count). The molecule has 0 heterocycles. The lowest BCUT2D eigenvalue weighted by atomic mass is 10.2. The van der Waals surface area contributed by atoms with E-state index >= 15 is 0 Å². The smallest absolute Gasteiger partial charge is 0.282 e. The molecule has 0 spiro atoms. The standard InChI is InChI=1S/C13H23N3O2S/c1-3-15(2)19(17,18)16(11-7-10-14)12-13-8-5-4-6-9-13/h4-6,8-9H,3,7,10-12,14H2,1-2H3. The van der Waals surface area contributed by atoms with Crippen LogP contribution in [0.15, 0.2) is 30.3 Å². The van der Waals surface area contributed by atoms with Gasteiger partial charge in [-0.25, -0.2) is 0 Å². The first-order valence-electron chi connectivity index (χ1n) is 6.47. The third-order valence-electron chi connectivity index (χ3n) is 2.98. The summed E-state index contributed by atoms with van der Waals surface area (Å²) in [6.45, 7) is 3.58. The second-order valence-corrected chi connectivity index (χ2v) is 6.42. The van der Waals surface area contributed by atoms with E-state index in [-0.39, 0.29) is 0 Å². The van der Waals surface area contributed by atoms with E-state index in [9.17, 15) is 8.42 Å². The topological polar surface area (TPSA) is 66.6 Å². The first-order valence-corrected chi connectivity index (χ1v) is 7.87. The van der Waals surface area contributed by atoms with Crippen molar-refractivity contribution in [3.05, 3.63) is 35.9 Å². The predicted molar refractivity (Wildman–Crippen MR) is 77.7 cm³/mol. The lowest BCUT2D eigenvalue weighted by Gasteiger charge is -2.26. The van der Waals surface area contributed by atoms with Crippen LogP contribution in [0.4, 0.5) is 0 Å². The van der Waals surface area contributed by atoms with Crippen molar-refractivity contribution >= 4 is 10.2 Å². The van der Waals surface area contributed by atoms with Crippen molar-refractivity contribution in [3.63, 3.8) is 0 Å². The summed E-state index contributed by atoms with van der Waals surface area (Å²) < 4.78 is 27.6. The molecule has 1 aromatic rings. The van der Waals surface area contributed by atoms with Gasteiger partial charge >= 0.3 is 0 Å². The van der Waals surface area contributed by atoms with Gasteiger partial charge in [-0.3, -0.25) is 0 Å². The van der Waals surface area contributed by atoms with Crippen molar-refractivity contribution in [3.8, 4) is 0 Å². The van der Waals surface area contributed by atoms with E-state index in [4.69, 9.17) is 5.73 Å². The fraction of sp³-hybridized carbons (Fsp3) is 0.538. The Labute approximate surface area is 116 Å². The van der Waals surface area contributed by atoms with E-state index < -0.39 is 10.2 Å². The van der Waals surface area contributed by atoms with E-state index in [0.29, 0.717) is 32.6 Å². The predicted octanol–water partition coefficient (Wildman–Crippen LogP) is 1.03. The Morgan fingerprint density at radius 3 is 2.37 bits per heavy atom. The van der Waals surface area contributed by atoms with E-state index in [1.165, 1.54) is 8.61 Å². The summed E-state index contributed by atoms with van der Waals surface area (Å²) in [7, 11) is -1.82. The van der Waals surface area contributed by atoms with Crippen molar-refractivity contribution < 1.29 is 8.42 Å². The Morgan fingerprint density at radius 2 is 1.84 bits per heavy atom. The summed E-state index contributed by atoms with van der Waals surface area (Å²) in [4.78, 5) is 0. The zero-order chi connectivity index (χ0) is 14.3. The van der Waals surface area contributed by atoms with Crippen molar-refractivity contribution in [2.45, 2.75) is 19.9 Å². The lowest BCUT2D eigenvalue weighted by molar-refractivity contribution is 0.356. The van der Waals surface area contributed by atoms with Crippen LogP contribution < -0.4 is 5.73 Å². The van der Waals surface area contributed by atoms with Crippen LogP contribution >= 0.6 is 0 Å². The van der Waals surface area contributed by atoms with Crippen molar-refractivity contribution in [2.24, 2.45) is 5.73 Å². The highest BCUT2D eigenvalue weighted by atomic mass is 32.2. The molecule has 5 nitrogen and oxygen atoms in total. The fourth-order valence-corrected chi connectivity index (χ4v) is 3.08. The molecule has 6 heteroatoms. The molecule has 0 saturated heterocycles. The average Bonchev–Trinajstić information content (AvgIpc) is 2.43. The summed E-state index contributed by atoms with van der Waals surface area (Å²) in [6, 6.07) is 9.59. The Hall–Kier alpha value is -0.950. The molecule has 0 bridgehead atoms.